The van der Waals surface area contributed by atoms with E-state index < -0.39 is 0 Å². The summed E-state index contributed by atoms with van der Waals surface area (Å²) < 4.78 is 13.2. The van der Waals surface area contributed by atoms with E-state index in [2.05, 4.69) is 158 Å². The van der Waals surface area contributed by atoms with Crippen molar-refractivity contribution in [3.63, 3.8) is 0 Å². The Labute approximate surface area is 310 Å². The summed E-state index contributed by atoms with van der Waals surface area (Å²) in [5.74, 6) is 0. The third-order valence-electron chi connectivity index (χ3n) is 11.4. The van der Waals surface area contributed by atoms with Crippen LogP contribution in [0.15, 0.2) is 191 Å². The molecule has 2 nitrogen and oxygen atoms in total. The van der Waals surface area contributed by atoms with Gasteiger partial charge in [0, 0.05) is 21.5 Å². The Morgan fingerprint density at radius 2 is 0.593 bits per heavy atom. The summed E-state index contributed by atoms with van der Waals surface area (Å²) in [4.78, 5) is 0. The SMILES string of the molecule is c1ccc2cc(-c3c4ccccc4c(-c4ccc5cc(-c6c7oc8ccccc8c7cc7c6oc6ccccc67)ccc5c4)c4ccccc34)ccc2c1. The Morgan fingerprint density at radius 1 is 0.241 bits per heavy atom. The molecule has 0 fully saturated rings. The van der Waals surface area contributed by atoms with Crippen molar-refractivity contribution >= 4 is 87.0 Å². The first-order valence-corrected chi connectivity index (χ1v) is 18.5. The van der Waals surface area contributed by atoms with Gasteiger partial charge in [-0.2, -0.15) is 0 Å². The zero-order chi connectivity index (χ0) is 35.3. The van der Waals surface area contributed by atoms with Gasteiger partial charge in [-0.1, -0.05) is 146 Å². The van der Waals surface area contributed by atoms with Crippen LogP contribution in [0.3, 0.4) is 0 Å². The summed E-state index contributed by atoms with van der Waals surface area (Å²) >= 11 is 0. The van der Waals surface area contributed by atoms with Crippen LogP contribution in [-0.4, -0.2) is 0 Å². The van der Waals surface area contributed by atoms with Crippen LogP contribution >= 0.6 is 0 Å². The summed E-state index contributed by atoms with van der Waals surface area (Å²) in [6.45, 7) is 0. The second-order valence-electron chi connectivity index (χ2n) is 14.4. The highest BCUT2D eigenvalue weighted by molar-refractivity contribution is 6.24. The maximum absolute atomic E-state index is 6.62. The van der Waals surface area contributed by atoms with Gasteiger partial charge in [-0.05, 0) is 107 Å². The van der Waals surface area contributed by atoms with Gasteiger partial charge in [-0.25, -0.2) is 0 Å². The zero-order valence-corrected chi connectivity index (χ0v) is 29.1. The molecule has 2 heteroatoms. The van der Waals surface area contributed by atoms with E-state index in [1.807, 2.05) is 24.3 Å². The Hall–Kier alpha value is -7.16. The Kier molecular flexibility index (Phi) is 6.09. The van der Waals surface area contributed by atoms with Crippen LogP contribution in [0.4, 0.5) is 0 Å². The van der Waals surface area contributed by atoms with E-state index in [0.29, 0.717) is 0 Å². The topological polar surface area (TPSA) is 26.3 Å². The molecule has 0 aliphatic carbocycles. The normalized spacial score (nSPS) is 12.1. The maximum atomic E-state index is 6.62. The first kappa shape index (κ1) is 29.4. The highest BCUT2D eigenvalue weighted by Gasteiger charge is 2.22. The van der Waals surface area contributed by atoms with E-state index in [-0.39, 0.29) is 0 Å². The molecule has 0 atom stereocenters. The number of hydrogen-bond acceptors (Lipinski definition) is 2. The molecule has 10 aromatic carbocycles. The molecule has 0 radical (unpaired) electrons. The third-order valence-corrected chi connectivity index (χ3v) is 11.4. The molecule has 0 N–H and O–H groups in total. The van der Waals surface area contributed by atoms with Crippen molar-refractivity contribution in [2.24, 2.45) is 0 Å². The van der Waals surface area contributed by atoms with Crippen LogP contribution in [0.5, 0.6) is 0 Å². The standard InChI is InChI=1S/C52H30O2/c1-2-12-32-27-35(24-21-31(32)11-1)48-40-15-3-5-17-42(40)49(43-18-6-4-16-41(43)48)36-25-22-34-29-37(26-23-33(34)28-36)50-51-44(38-13-7-9-19-46(38)53-51)30-45-39-14-8-10-20-47(39)54-52(45)50/h1-30H. The van der Waals surface area contributed by atoms with E-state index >= 15 is 0 Å². The smallest absolute Gasteiger partial charge is 0.147 e. The molecular formula is C52H30O2. The van der Waals surface area contributed by atoms with Gasteiger partial charge in [0.1, 0.15) is 22.3 Å². The predicted molar refractivity (Wildman–Crippen MR) is 227 cm³/mol. The molecule has 0 amide bonds. The highest BCUT2D eigenvalue weighted by atomic mass is 16.3. The molecule has 0 saturated heterocycles. The van der Waals surface area contributed by atoms with Crippen LogP contribution in [0, 0.1) is 0 Å². The Balaban J connectivity index is 1.07. The monoisotopic (exact) mass is 686 g/mol. The minimum Gasteiger partial charge on any atom is -0.455 e. The highest BCUT2D eigenvalue weighted by Crippen LogP contribution is 2.47. The molecule has 12 rings (SSSR count). The van der Waals surface area contributed by atoms with E-state index in [1.165, 1.54) is 60.0 Å². The molecule has 0 spiro atoms. The second kappa shape index (κ2) is 11.2. The van der Waals surface area contributed by atoms with Gasteiger partial charge in [0.2, 0.25) is 0 Å². The number of hydrogen-bond donors (Lipinski definition) is 0. The van der Waals surface area contributed by atoms with Crippen molar-refractivity contribution in [3.8, 4) is 33.4 Å². The number of rotatable bonds is 3. The minimum absolute atomic E-state index is 0.850. The van der Waals surface area contributed by atoms with Crippen molar-refractivity contribution in [1.82, 2.24) is 0 Å². The molecule has 2 heterocycles. The second-order valence-corrected chi connectivity index (χ2v) is 14.4. The fourth-order valence-electron chi connectivity index (χ4n) is 8.95. The largest absolute Gasteiger partial charge is 0.455 e. The quantitative estimate of drug-likeness (QED) is 0.173. The predicted octanol–water partition coefficient (Wildman–Crippen LogP) is 15.1. The van der Waals surface area contributed by atoms with Gasteiger partial charge in [0.25, 0.3) is 0 Å². The molecule has 0 saturated carbocycles. The van der Waals surface area contributed by atoms with Crippen LogP contribution < -0.4 is 0 Å². The molecule has 0 aliphatic heterocycles. The van der Waals surface area contributed by atoms with Gasteiger partial charge in [-0.15, -0.1) is 0 Å². The molecule has 2 aromatic heterocycles. The summed E-state index contributed by atoms with van der Waals surface area (Å²) in [6.07, 6.45) is 0. The number of para-hydroxylation sites is 2. The van der Waals surface area contributed by atoms with E-state index in [0.717, 1.165) is 60.4 Å². The van der Waals surface area contributed by atoms with E-state index in [1.54, 1.807) is 0 Å². The van der Waals surface area contributed by atoms with Crippen LogP contribution in [0.25, 0.3) is 120 Å². The van der Waals surface area contributed by atoms with Crippen molar-refractivity contribution in [2.45, 2.75) is 0 Å². The average molecular weight is 687 g/mol. The molecule has 250 valence electrons. The van der Waals surface area contributed by atoms with Crippen molar-refractivity contribution in [1.29, 1.82) is 0 Å². The molecular weight excluding hydrogens is 657 g/mol. The number of fused-ring (bicyclic) bond motifs is 10. The molecule has 12 aromatic rings. The van der Waals surface area contributed by atoms with Gasteiger partial charge >= 0.3 is 0 Å². The lowest BCUT2D eigenvalue weighted by Gasteiger charge is -2.18. The summed E-state index contributed by atoms with van der Waals surface area (Å²) in [5, 5.41) is 14.3. The van der Waals surface area contributed by atoms with Crippen LogP contribution in [-0.2, 0) is 0 Å². The first-order chi connectivity index (χ1) is 26.8. The average Bonchev–Trinajstić information content (AvgIpc) is 3.79. The lowest BCUT2D eigenvalue weighted by Crippen LogP contribution is -1.91. The third kappa shape index (κ3) is 4.22. The van der Waals surface area contributed by atoms with Crippen molar-refractivity contribution in [2.75, 3.05) is 0 Å². The lowest BCUT2D eigenvalue weighted by atomic mass is 9.85. The van der Waals surface area contributed by atoms with Crippen LogP contribution in [0.1, 0.15) is 0 Å². The van der Waals surface area contributed by atoms with Gasteiger partial charge < -0.3 is 8.83 Å². The summed E-state index contributed by atoms with van der Waals surface area (Å²) in [5.41, 5.74) is 10.5. The fraction of sp³-hybridized carbons (Fsp3) is 0. The molecule has 0 aliphatic rings. The van der Waals surface area contributed by atoms with Gasteiger partial charge in [0.05, 0.1) is 5.56 Å². The van der Waals surface area contributed by atoms with Crippen molar-refractivity contribution in [3.05, 3.63) is 182 Å². The molecule has 0 bridgehead atoms. The Bertz CT molecular complexity index is 3360. The molecule has 0 unspecified atom stereocenters. The maximum Gasteiger partial charge on any atom is 0.147 e. The Morgan fingerprint density at radius 3 is 1.07 bits per heavy atom. The zero-order valence-electron chi connectivity index (χ0n) is 29.1. The number of furan rings is 2. The first-order valence-electron chi connectivity index (χ1n) is 18.5. The summed E-state index contributed by atoms with van der Waals surface area (Å²) in [6, 6.07) is 65.7. The van der Waals surface area contributed by atoms with Crippen LogP contribution in [0.2, 0.25) is 0 Å². The number of benzene rings is 10. The minimum atomic E-state index is 0.850. The van der Waals surface area contributed by atoms with E-state index in [4.69, 9.17) is 8.83 Å². The van der Waals surface area contributed by atoms with E-state index in [9.17, 15) is 0 Å². The van der Waals surface area contributed by atoms with Gasteiger partial charge in [0.15, 0.2) is 0 Å². The lowest BCUT2D eigenvalue weighted by molar-refractivity contribution is 0.658. The molecule has 54 heavy (non-hydrogen) atoms. The fourth-order valence-corrected chi connectivity index (χ4v) is 8.95. The van der Waals surface area contributed by atoms with Crippen molar-refractivity contribution < 1.29 is 8.83 Å². The van der Waals surface area contributed by atoms with Gasteiger partial charge in [-0.3, -0.25) is 0 Å². The summed E-state index contributed by atoms with van der Waals surface area (Å²) in [7, 11) is 0.